The number of hydrogen-bond acceptors (Lipinski definition) is 6. The van der Waals surface area contributed by atoms with E-state index >= 15 is 0 Å². The van der Waals surface area contributed by atoms with Crippen molar-refractivity contribution in [2.45, 2.75) is 77.6 Å². The summed E-state index contributed by atoms with van der Waals surface area (Å²) in [5.41, 5.74) is 0.820. The van der Waals surface area contributed by atoms with Gasteiger partial charge in [0.05, 0.1) is 24.3 Å². The Bertz CT molecular complexity index is 844. The van der Waals surface area contributed by atoms with Gasteiger partial charge in [-0.2, -0.15) is 0 Å². The largest absolute Gasteiger partial charge is 0.494 e. The highest BCUT2D eigenvalue weighted by Crippen LogP contribution is 2.18. The number of hydrogen-bond donors (Lipinski definition) is 1. The Morgan fingerprint density at radius 3 is 1.77 bits per heavy atom. The summed E-state index contributed by atoms with van der Waals surface area (Å²) >= 11 is 0. The highest BCUT2D eigenvalue weighted by molar-refractivity contribution is 5.92. The summed E-state index contributed by atoms with van der Waals surface area (Å²) in [6.07, 6.45) is 12.3. The van der Waals surface area contributed by atoms with Crippen molar-refractivity contribution in [3.63, 3.8) is 0 Å². The van der Waals surface area contributed by atoms with Crippen LogP contribution in [0, 0.1) is 0 Å². The number of aliphatic hydroxyl groups is 1. The third-order valence-electron chi connectivity index (χ3n) is 5.69. The predicted octanol–water partition coefficient (Wildman–Crippen LogP) is 6.74. The molecule has 192 valence electrons. The standard InChI is InChI=1S/C29H40O6/c1-2-3-4-5-6-7-8-11-22-33-26-17-13-25(14-18-26)29(32)35-27-19-15-24(16-20-27)28(31)34-23-12-9-10-21-30/h13-20,30H,2-12,21-23H2,1H3. The minimum absolute atomic E-state index is 0.144. The van der Waals surface area contributed by atoms with Gasteiger partial charge in [0.1, 0.15) is 11.5 Å². The average Bonchev–Trinajstić information content (AvgIpc) is 2.88. The Hall–Kier alpha value is -2.86. The van der Waals surface area contributed by atoms with Gasteiger partial charge in [-0.05, 0) is 74.2 Å². The van der Waals surface area contributed by atoms with Gasteiger partial charge in [-0.3, -0.25) is 0 Å². The van der Waals surface area contributed by atoms with E-state index < -0.39 is 11.9 Å². The summed E-state index contributed by atoms with van der Waals surface area (Å²) < 4.78 is 16.4. The number of rotatable bonds is 18. The fourth-order valence-electron chi connectivity index (χ4n) is 3.58. The van der Waals surface area contributed by atoms with Gasteiger partial charge in [-0.1, -0.05) is 51.9 Å². The van der Waals surface area contributed by atoms with E-state index in [1.807, 2.05) is 0 Å². The second kappa shape index (κ2) is 17.6. The van der Waals surface area contributed by atoms with Crippen molar-refractivity contribution < 1.29 is 28.9 Å². The van der Waals surface area contributed by atoms with Crippen LogP contribution in [0.3, 0.4) is 0 Å². The Morgan fingerprint density at radius 2 is 1.14 bits per heavy atom. The van der Waals surface area contributed by atoms with Crippen molar-refractivity contribution in [1.82, 2.24) is 0 Å². The van der Waals surface area contributed by atoms with Crippen LogP contribution in [0.4, 0.5) is 0 Å². The maximum Gasteiger partial charge on any atom is 0.343 e. The molecule has 0 radical (unpaired) electrons. The van der Waals surface area contributed by atoms with Crippen LogP contribution in [0.25, 0.3) is 0 Å². The fourth-order valence-corrected chi connectivity index (χ4v) is 3.58. The van der Waals surface area contributed by atoms with Crippen molar-refractivity contribution in [2.75, 3.05) is 19.8 Å². The molecule has 0 spiro atoms. The van der Waals surface area contributed by atoms with Crippen LogP contribution in [0.15, 0.2) is 48.5 Å². The van der Waals surface area contributed by atoms with Crippen LogP contribution >= 0.6 is 0 Å². The normalized spacial score (nSPS) is 10.7. The topological polar surface area (TPSA) is 82.1 Å². The molecule has 0 saturated carbocycles. The first-order chi connectivity index (χ1) is 17.1. The van der Waals surface area contributed by atoms with Gasteiger partial charge in [0.25, 0.3) is 0 Å². The van der Waals surface area contributed by atoms with Gasteiger partial charge in [-0.25, -0.2) is 9.59 Å². The number of ether oxygens (including phenoxy) is 3. The van der Waals surface area contributed by atoms with Gasteiger partial charge < -0.3 is 19.3 Å². The van der Waals surface area contributed by atoms with Gasteiger partial charge in [0.15, 0.2) is 0 Å². The molecule has 0 aliphatic heterocycles. The summed E-state index contributed by atoms with van der Waals surface area (Å²) in [7, 11) is 0. The molecule has 2 aromatic rings. The molecule has 0 unspecified atom stereocenters. The lowest BCUT2D eigenvalue weighted by Crippen LogP contribution is -2.09. The molecule has 0 saturated heterocycles. The fraction of sp³-hybridized carbons (Fsp3) is 0.517. The second-order valence-electron chi connectivity index (χ2n) is 8.68. The van der Waals surface area contributed by atoms with Gasteiger partial charge in [0, 0.05) is 6.61 Å². The van der Waals surface area contributed by atoms with E-state index in [0.717, 1.165) is 18.6 Å². The highest BCUT2D eigenvalue weighted by atomic mass is 16.5. The van der Waals surface area contributed by atoms with Crippen molar-refractivity contribution in [1.29, 1.82) is 0 Å². The molecule has 0 aliphatic rings. The van der Waals surface area contributed by atoms with Crippen LogP contribution in [0.2, 0.25) is 0 Å². The van der Waals surface area contributed by atoms with E-state index in [-0.39, 0.29) is 6.61 Å². The molecular weight excluding hydrogens is 444 g/mol. The summed E-state index contributed by atoms with van der Waals surface area (Å²) in [5, 5.41) is 8.76. The molecule has 0 heterocycles. The van der Waals surface area contributed by atoms with Gasteiger partial charge >= 0.3 is 11.9 Å². The lowest BCUT2D eigenvalue weighted by Gasteiger charge is -2.08. The Kier molecular flexibility index (Phi) is 14.2. The molecule has 0 aliphatic carbocycles. The maximum absolute atomic E-state index is 12.4. The van der Waals surface area contributed by atoms with E-state index in [9.17, 15) is 9.59 Å². The lowest BCUT2D eigenvalue weighted by atomic mass is 10.1. The zero-order valence-corrected chi connectivity index (χ0v) is 21.0. The molecule has 0 bridgehead atoms. The molecular formula is C29H40O6. The summed E-state index contributed by atoms with van der Waals surface area (Å²) in [6.45, 7) is 3.37. The molecule has 35 heavy (non-hydrogen) atoms. The van der Waals surface area contributed by atoms with Gasteiger partial charge in [-0.15, -0.1) is 0 Å². The summed E-state index contributed by atoms with van der Waals surface area (Å²) in [6, 6.07) is 13.2. The molecule has 1 N–H and O–H groups in total. The van der Waals surface area contributed by atoms with Crippen LogP contribution in [0.1, 0.15) is 98.3 Å². The number of aliphatic hydroxyl groups excluding tert-OH is 1. The van der Waals surface area contributed by atoms with Gasteiger partial charge in [0.2, 0.25) is 0 Å². The molecule has 0 amide bonds. The molecule has 0 aromatic heterocycles. The van der Waals surface area contributed by atoms with E-state index in [1.165, 1.54) is 44.9 Å². The lowest BCUT2D eigenvalue weighted by molar-refractivity contribution is 0.0496. The third-order valence-corrected chi connectivity index (χ3v) is 5.69. The number of esters is 2. The first kappa shape index (κ1) is 28.4. The smallest absolute Gasteiger partial charge is 0.343 e. The number of carbonyl (C=O) groups excluding carboxylic acids is 2. The zero-order valence-electron chi connectivity index (χ0n) is 21.0. The van der Waals surface area contributed by atoms with E-state index in [0.29, 0.717) is 42.9 Å². The van der Waals surface area contributed by atoms with Crippen molar-refractivity contribution in [3.05, 3.63) is 59.7 Å². The van der Waals surface area contributed by atoms with Crippen molar-refractivity contribution >= 4 is 11.9 Å². The molecule has 6 heteroatoms. The Morgan fingerprint density at radius 1 is 0.629 bits per heavy atom. The van der Waals surface area contributed by atoms with E-state index in [1.54, 1.807) is 48.5 Å². The molecule has 0 atom stereocenters. The minimum atomic E-state index is -0.473. The van der Waals surface area contributed by atoms with Crippen LogP contribution in [-0.2, 0) is 4.74 Å². The number of benzene rings is 2. The minimum Gasteiger partial charge on any atom is -0.494 e. The predicted molar refractivity (Wildman–Crippen MR) is 137 cm³/mol. The third kappa shape index (κ3) is 11.9. The first-order valence-electron chi connectivity index (χ1n) is 13.0. The SMILES string of the molecule is CCCCCCCCCCOc1ccc(C(=O)Oc2ccc(C(=O)OCCCCCO)cc2)cc1. The maximum atomic E-state index is 12.4. The number of unbranched alkanes of at least 4 members (excludes halogenated alkanes) is 9. The monoisotopic (exact) mass is 484 g/mol. The van der Waals surface area contributed by atoms with Crippen molar-refractivity contribution in [2.24, 2.45) is 0 Å². The molecule has 0 fully saturated rings. The first-order valence-corrected chi connectivity index (χ1v) is 13.0. The second-order valence-corrected chi connectivity index (χ2v) is 8.68. The Balaban J connectivity index is 1.67. The Labute approximate surface area is 209 Å². The highest BCUT2D eigenvalue weighted by Gasteiger charge is 2.11. The molecule has 6 nitrogen and oxygen atoms in total. The quantitative estimate of drug-likeness (QED) is 0.143. The summed E-state index contributed by atoms with van der Waals surface area (Å²) in [4.78, 5) is 24.5. The van der Waals surface area contributed by atoms with E-state index in [4.69, 9.17) is 19.3 Å². The summed E-state index contributed by atoms with van der Waals surface area (Å²) in [5.74, 6) is 0.196. The van der Waals surface area contributed by atoms with Crippen LogP contribution in [0.5, 0.6) is 11.5 Å². The number of carbonyl (C=O) groups is 2. The van der Waals surface area contributed by atoms with Crippen LogP contribution < -0.4 is 9.47 Å². The molecule has 2 aromatic carbocycles. The van der Waals surface area contributed by atoms with Crippen molar-refractivity contribution in [3.8, 4) is 11.5 Å². The molecule has 2 rings (SSSR count). The zero-order chi connectivity index (χ0) is 25.1. The van der Waals surface area contributed by atoms with E-state index in [2.05, 4.69) is 6.92 Å². The average molecular weight is 485 g/mol. The van der Waals surface area contributed by atoms with Crippen LogP contribution in [-0.4, -0.2) is 36.9 Å².